The SMILES string of the molecule is CCC[CH2][Sn]([CH2]CCC)([CH2]CCC)[O]C(=O)CC1CCC1C. The number of hydrogen-bond donors (Lipinski definition) is 0. The van der Waals surface area contributed by atoms with E-state index in [2.05, 4.69) is 27.7 Å². The standard InChI is InChI=1S/C7H12O2.3C4H9.Sn/c1-5-2-3-6(5)4-7(8)9;3*1-3-4-2;/h5-6H,2-4H2,1H3,(H,8,9);3*1,3-4H2,2H3;/q;;;;+1/p-1. The molecule has 0 aliphatic heterocycles. The maximum absolute atomic E-state index is 12.5. The summed E-state index contributed by atoms with van der Waals surface area (Å²) in [5, 5.41) is 0. The Morgan fingerprint density at radius 2 is 1.45 bits per heavy atom. The summed E-state index contributed by atoms with van der Waals surface area (Å²) in [6.45, 7) is 9.06. The second-order valence-electron chi connectivity index (χ2n) is 7.49. The van der Waals surface area contributed by atoms with Gasteiger partial charge in [-0.15, -0.1) is 0 Å². The Balaban J connectivity index is 2.64. The van der Waals surface area contributed by atoms with Crippen LogP contribution < -0.4 is 0 Å². The molecule has 1 saturated carbocycles. The van der Waals surface area contributed by atoms with E-state index in [0.717, 1.165) is 5.92 Å². The minimum atomic E-state index is -2.71. The summed E-state index contributed by atoms with van der Waals surface area (Å²) < 4.78 is 10.2. The van der Waals surface area contributed by atoms with Crippen molar-refractivity contribution in [2.75, 3.05) is 0 Å². The molecule has 1 aliphatic rings. The minimum absolute atomic E-state index is 0.163. The predicted octanol–water partition coefficient (Wildman–Crippen LogP) is 6.31. The van der Waals surface area contributed by atoms with Crippen LogP contribution in [0, 0.1) is 11.8 Å². The second-order valence-corrected chi connectivity index (χ2v) is 19.1. The summed E-state index contributed by atoms with van der Waals surface area (Å²) in [5.41, 5.74) is 0. The zero-order chi connectivity index (χ0) is 16.4. The summed E-state index contributed by atoms with van der Waals surface area (Å²) in [5.74, 6) is 1.51. The predicted molar refractivity (Wildman–Crippen MR) is 97.5 cm³/mol. The van der Waals surface area contributed by atoms with E-state index in [0.29, 0.717) is 12.3 Å². The number of carbonyl (C=O) groups excluding carboxylic acids is 1. The third-order valence-electron chi connectivity index (χ3n) is 5.51. The van der Waals surface area contributed by atoms with Gasteiger partial charge in [-0.3, -0.25) is 0 Å². The van der Waals surface area contributed by atoms with Crippen LogP contribution in [0.25, 0.3) is 0 Å². The van der Waals surface area contributed by atoms with Gasteiger partial charge in [0, 0.05) is 0 Å². The van der Waals surface area contributed by atoms with E-state index in [1.807, 2.05) is 0 Å². The molecule has 2 unspecified atom stereocenters. The zero-order valence-electron chi connectivity index (χ0n) is 15.5. The van der Waals surface area contributed by atoms with Gasteiger partial charge in [0.25, 0.3) is 0 Å². The molecule has 2 nitrogen and oxygen atoms in total. The van der Waals surface area contributed by atoms with Crippen molar-refractivity contribution in [2.45, 2.75) is 98.8 Å². The molecular weight excluding hydrogens is 379 g/mol. The van der Waals surface area contributed by atoms with E-state index in [4.69, 9.17) is 3.07 Å². The molecule has 22 heavy (non-hydrogen) atoms. The summed E-state index contributed by atoms with van der Waals surface area (Å²) >= 11 is -2.71. The summed E-state index contributed by atoms with van der Waals surface area (Å²) in [6, 6.07) is 0. The zero-order valence-corrected chi connectivity index (χ0v) is 18.3. The monoisotopic (exact) mass is 418 g/mol. The Labute approximate surface area is 143 Å². The Bertz CT molecular complexity index is 295. The molecular formula is C19H38O2Sn. The van der Waals surface area contributed by atoms with E-state index in [9.17, 15) is 4.79 Å². The van der Waals surface area contributed by atoms with Gasteiger partial charge >= 0.3 is 143 Å². The average Bonchev–Trinajstić information content (AvgIpc) is 2.52. The van der Waals surface area contributed by atoms with E-state index < -0.39 is 18.8 Å². The van der Waals surface area contributed by atoms with Crippen molar-refractivity contribution in [2.24, 2.45) is 11.8 Å². The fraction of sp³-hybridized carbons (Fsp3) is 0.947. The Kier molecular flexibility index (Phi) is 10.1. The second kappa shape index (κ2) is 10.9. The first kappa shape index (κ1) is 20.3. The Morgan fingerprint density at radius 3 is 1.77 bits per heavy atom. The van der Waals surface area contributed by atoms with Crippen LogP contribution in [0.3, 0.4) is 0 Å². The maximum atomic E-state index is 12.5. The van der Waals surface area contributed by atoms with Gasteiger partial charge in [0.2, 0.25) is 0 Å². The van der Waals surface area contributed by atoms with Gasteiger partial charge < -0.3 is 0 Å². The molecule has 0 bridgehead atoms. The molecule has 0 aromatic rings. The third kappa shape index (κ3) is 6.80. The molecule has 0 aromatic carbocycles. The van der Waals surface area contributed by atoms with Crippen LogP contribution in [0.5, 0.6) is 0 Å². The first-order valence-electron chi connectivity index (χ1n) is 9.78. The van der Waals surface area contributed by atoms with Crippen LogP contribution in [-0.2, 0) is 7.87 Å². The van der Waals surface area contributed by atoms with Crippen molar-refractivity contribution in [1.29, 1.82) is 0 Å². The van der Waals surface area contributed by atoms with Gasteiger partial charge in [-0.2, -0.15) is 0 Å². The van der Waals surface area contributed by atoms with Gasteiger partial charge in [0.1, 0.15) is 0 Å². The van der Waals surface area contributed by atoms with Crippen LogP contribution in [0.2, 0.25) is 13.3 Å². The first-order valence-corrected chi connectivity index (χ1v) is 17.0. The van der Waals surface area contributed by atoms with Crippen molar-refractivity contribution in [1.82, 2.24) is 0 Å². The molecule has 3 heteroatoms. The number of hydrogen-bond acceptors (Lipinski definition) is 2. The molecule has 0 aromatic heterocycles. The summed E-state index contributed by atoms with van der Waals surface area (Å²) in [7, 11) is 0. The molecule has 1 fully saturated rings. The Hall–Kier alpha value is 0.269. The molecule has 0 N–H and O–H groups in total. The molecule has 1 rings (SSSR count). The van der Waals surface area contributed by atoms with E-state index in [1.54, 1.807) is 0 Å². The fourth-order valence-electron chi connectivity index (χ4n) is 3.56. The number of rotatable bonds is 12. The van der Waals surface area contributed by atoms with E-state index in [1.165, 1.54) is 64.7 Å². The normalized spacial score (nSPS) is 21.5. The molecule has 2 atom stereocenters. The van der Waals surface area contributed by atoms with Gasteiger partial charge in [-0.05, 0) is 0 Å². The average molecular weight is 417 g/mol. The van der Waals surface area contributed by atoms with E-state index >= 15 is 0 Å². The van der Waals surface area contributed by atoms with Crippen LogP contribution in [0.1, 0.15) is 85.5 Å². The quantitative estimate of drug-likeness (QED) is 0.348. The molecule has 0 saturated heterocycles. The fourth-order valence-corrected chi connectivity index (χ4v) is 16.7. The molecule has 0 radical (unpaired) electrons. The van der Waals surface area contributed by atoms with Gasteiger partial charge in [-0.25, -0.2) is 0 Å². The molecule has 0 spiro atoms. The molecule has 130 valence electrons. The van der Waals surface area contributed by atoms with Crippen molar-refractivity contribution in [3.63, 3.8) is 0 Å². The molecule has 0 heterocycles. The molecule has 0 amide bonds. The van der Waals surface area contributed by atoms with Crippen LogP contribution in [-0.4, -0.2) is 24.8 Å². The summed E-state index contributed by atoms with van der Waals surface area (Å²) in [4.78, 5) is 12.5. The summed E-state index contributed by atoms with van der Waals surface area (Å²) in [6.07, 6.45) is 10.7. The van der Waals surface area contributed by atoms with Gasteiger partial charge in [-0.1, -0.05) is 0 Å². The van der Waals surface area contributed by atoms with Crippen molar-refractivity contribution in [3.8, 4) is 0 Å². The Morgan fingerprint density at radius 1 is 0.955 bits per heavy atom. The van der Waals surface area contributed by atoms with Crippen LogP contribution in [0.15, 0.2) is 0 Å². The first-order chi connectivity index (χ1) is 10.6. The van der Waals surface area contributed by atoms with Crippen molar-refractivity contribution < 1.29 is 7.87 Å². The number of unbranched alkanes of at least 4 members (excludes halogenated alkanes) is 3. The van der Waals surface area contributed by atoms with Crippen LogP contribution in [0.4, 0.5) is 0 Å². The molecule has 1 aliphatic carbocycles. The van der Waals surface area contributed by atoms with Gasteiger partial charge in [0.05, 0.1) is 0 Å². The van der Waals surface area contributed by atoms with Crippen molar-refractivity contribution in [3.05, 3.63) is 0 Å². The topological polar surface area (TPSA) is 26.3 Å². The third-order valence-corrected chi connectivity index (χ3v) is 18.2. The number of carbonyl (C=O) groups is 1. The van der Waals surface area contributed by atoms with E-state index in [-0.39, 0.29) is 5.97 Å². The van der Waals surface area contributed by atoms with Crippen molar-refractivity contribution >= 4 is 24.8 Å². The van der Waals surface area contributed by atoms with Crippen LogP contribution >= 0.6 is 0 Å². The van der Waals surface area contributed by atoms with Gasteiger partial charge in [0.15, 0.2) is 0 Å².